The molecule has 1 saturated heterocycles. The summed E-state index contributed by atoms with van der Waals surface area (Å²) in [5, 5.41) is 14.5. The van der Waals surface area contributed by atoms with Crippen molar-refractivity contribution in [2.75, 3.05) is 19.3 Å². The van der Waals surface area contributed by atoms with E-state index in [1.54, 1.807) is 6.20 Å². The van der Waals surface area contributed by atoms with Gasteiger partial charge in [0, 0.05) is 31.4 Å². The molecule has 1 aliphatic rings. The molecule has 0 saturated carbocycles. The Morgan fingerprint density at radius 2 is 2.29 bits per heavy atom. The van der Waals surface area contributed by atoms with E-state index in [0.717, 1.165) is 31.4 Å². The van der Waals surface area contributed by atoms with Crippen molar-refractivity contribution in [2.45, 2.75) is 45.3 Å². The molecular weight excluding hydrogens is 290 g/mol. The molecule has 0 amide bonds. The third-order valence-corrected chi connectivity index (χ3v) is 5.27. The molecule has 2 unspecified atom stereocenters. The maximum absolute atomic E-state index is 11.6. The fourth-order valence-corrected chi connectivity index (χ4v) is 3.82. The maximum atomic E-state index is 11.6. The summed E-state index contributed by atoms with van der Waals surface area (Å²) in [4.78, 5) is 0. The molecule has 0 aliphatic carbocycles. The second kappa shape index (κ2) is 6.89. The average molecular weight is 315 g/mol. The normalized spacial score (nSPS) is 22.3. The largest absolute Gasteiger partial charge is 0.388 e. The minimum atomic E-state index is -3.13. The van der Waals surface area contributed by atoms with Gasteiger partial charge in [-0.25, -0.2) is 12.7 Å². The van der Waals surface area contributed by atoms with E-state index in [1.807, 2.05) is 10.9 Å². The monoisotopic (exact) mass is 315 g/mol. The number of rotatable bonds is 6. The average Bonchev–Trinajstić information content (AvgIpc) is 2.87. The van der Waals surface area contributed by atoms with Gasteiger partial charge < -0.3 is 5.11 Å². The Morgan fingerprint density at radius 1 is 1.52 bits per heavy atom. The zero-order valence-electron chi connectivity index (χ0n) is 12.8. The number of hydrogen-bond acceptors (Lipinski definition) is 4. The van der Waals surface area contributed by atoms with Gasteiger partial charge in [-0.05, 0) is 31.6 Å². The quantitative estimate of drug-likeness (QED) is 0.861. The van der Waals surface area contributed by atoms with Crippen molar-refractivity contribution >= 4 is 10.0 Å². The molecule has 0 bridgehead atoms. The van der Waals surface area contributed by atoms with Crippen LogP contribution in [0.25, 0.3) is 0 Å². The van der Waals surface area contributed by atoms with Crippen LogP contribution in [0.5, 0.6) is 0 Å². The van der Waals surface area contributed by atoms with E-state index in [0.29, 0.717) is 19.5 Å². The van der Waals surface area contributed by atoms with Crippen LogP contribution in [0.15, 0.2) is 12.4 Å². The van der Waals surface area contributed by atoms with Gasteiger partial charge in [0.1, 0.15) is 0 Å². The molecule has 1 aromatic heterocycles. The Hall–Kier alpha value is -0.920. The lowest BCUT2D eigenvalue weighted by atomic mass is 9.92. The first kappa shape index (κ1) is 16.5. The molecule has 2 atom stereocenters. The second-order valence-electron chi connectivity index (χ2n) is 5.92. The number of piperidine rings is 1. The van der Waals surface area contributed by atoms with Gasteiger partial charge in [0.05, 0.1) is 18.6 Å². The van der Waals surface area contributed by atoms with Crippen LogP contribution in [-0.4, -0.2) is 47.0 Å². The summed E-state index contributed by atoms with van der Waals surface area (Å²) in [6.45, 7) is 4.04. The summed E-state index contributed by atoms with van der Waals surface area (Å²) in [6.07, 6.45) is 7.68. The van der Waals surface area contributed by atoms with Crippen LogP contribution >= 0.6 is 0 Å². The lowest BCUT2D eigenvalue weighted by Gasteiger charge is -2.31. The standard InChI is InChI=1S/C14H25N3O3S/c1-3-6-16-11-13(9-15-16)14(18)8-12-5-4-7-17(10-12)21(2,19)20/h9,11-12,14,18H,3-8,10H2,1-2H3. The molecular formula is C14H25N3O3S. The highest BCUT2D eigenvalue weighted by Crippen LogP contribution is 2.28. The van der Waals surface area contributed by atoms with Crippen molar-refractivity contribution < 1.29 is 13.5 Å². The van der Waals surface area contributed by atoms with Crippen LogP contribution < -0.4 is 0 Å². The predicted molar refractivity (Wildman–Crippen MR) is 81.2 cm³/mol. The number of hydrogen-bond donors (Lipinski definition) is 1. The molecule has 0 aromatic carbocycles. The zero-order chi connectivity index (χ0) is 15.5. The fraction of sp³-hybridized carbons (Fsp3) is 0.786. The van der Waals surface area contributed by atoms with Gasteiger partial charge in [-0.2, -0.15) is 5.10 Å². The molecule has 1 N–H and O–H groups in total. The van der Waals surface area contributed by atoms with Gasteiger partial charge in [0.25, 0.3) is 0 Å². The number of aryl methyl sites for hydroxylation is 1. The van der Waals surface area contributed by atoms with Crippen LogP contribution in [0.4, 0.5) is 0 Å². The smallest absolute Gasteiger partial charge is 0.211 e. The number of aliphatic hydroxyl groups is 1. The summed E-state index contributed by atoms with van der Waals surface area (Å²) in [7, 11) is -3.13. The maximum Gasteiger partial charge on any atom is 0.211 e. The van der Waals surface area contributed by atoms with E-state index in [-0.39, 0.29) is 5.92 Å². The Labute approximate surface area is 126 Å². The highest BCUT2D eigenvalue weighted by atomic mass is 32.2. The Morgan fingerprint density at radius 3 is 2.95 bits per heavy atom. The summed E-state index contributed by atoms with van der Waals surface area (Å²) < 4.78 is 26.6. The van der Waals surface area contributed by atoms with E-state index in [2.05, 4.69) is 12.0 Å². The Balaban J connectivity index is 1.93. The number of aliphatic hydroxyl groups excluding tert-OH is 1. The molecule has 7 heteroatoms. The topological polar surface area (TPSA) is 75.4 Å². The summed E-state index contributed by atoms with van der Waals surface area (Å²) in [6, 6.07) is 0. The van der Waals surface area contributed by atoms with E-state index in [9.17, 15) is 13.5 Å². The van der Waals surface area contributed by atoms with Gasteiger partial charge >= 0.3 is 0 Å². The van der Waals surface area contributed by atoms with Crippen molar-refractivity contribution in [2.24, 2.45) is 5.92 Å². The van der Waals surface area contributed by atoms with Crippen LogP contribution in [0, 0.1) is 5.92 Å². The number of aromatic nitrogens is 2. The van der Waals surface area contributed by atoms with Crippen LogP contribution in [0.3, 0.4) is 0 Å². The Kier molecular flexibility index (Phi) is 5.40. The fourth-order valence-electron chi connectivity index (χ4n) is 2.88. The second-order valence-corrected chi connectivity index (χ2v) is 7.90. The van der Waals surface area contributed by atoms with Gasteiger partial charge in [-0.3, -0.25) is 4.68 Å². The van der Waals surface area contributed by atoms with Crippen LogP contribution in [-0.2, 0) is 16.6 Å². The molecule has 2 heterocycles. The lowest BCUT2D eigenvalue weighted by Crippen LogP contribution is -2.39. The molecule has 21 heavy (non-hydrogen) atoms. The van der Waals surface area contributed by atoms with Crippen molar-refractivity contribution in [1.29, 1.82) is 0 Å². The highest BCUT2D eigenvalue weighted by Gasteiger charge is 2.27. The van der Waals surface area contributed by atoms with Crippen molar-refractivity contribution in [3.63, 3.8) is 0 Å². The van der Waals surface area contributed by atoms with E-state index in [1.165, 1.54) is 10.6 Å². The molecule has 120 valence electrons. The highest BCUT2D eigenvalue weighted by molar-refractivity contribution is 7.88. The SMILES string of the molecule is CCCn1cc(C(O)CC2CCCN(S(C)(=O)=O)C2)cn1. The van der Waals surface area contributed by atoms with Gasteiger partial charge in [0.15, 0.2) is 0 Å². The first-order valence-electron chi connectivity index (χ1n) is 7.55. The number of nitrogens with zero attached hydrogens (tertiary/aromatic N) is 3. The molecule has 0 radical (unpaired) electrons. The van der Waals surface area contributed by atoms with E-state index in [4.69, 9.17) is 0 Å². The molecule has 1 aliphatic heterocycles. The summed E-state index contributed by atoms with van der Waals surface area (Å²) in [5.41, 5.74) is 0.819. The first-order chi connectivity index (χ1) is 9.90. The summed E-state index contributed by atoms with van der Waals surface area (Å²) >= 11 is 0. The van der Waals surface area contributed by atoms with Crippen molar-refractivity contribution in [1.82, 2.24) is 14.1 Å². The minimum absolute atomic E-state index is 0.206. The predicted octanol–water partition coefficient (Wildman–Crippen LogP) is 1.39. The molecule has 1 fully saturated rings. The van der Waals surface area contributed by atoms with Crippen molar-refractivity contribution in [3.05, 3.63) is 18.0 Å². The minimum Gasteiger partial charge on any atom is -0.388 e. The molecule has 1 aromatic rings. The van der Waals surface area contributed by atoms with Crippen molar-refractivity contribution in [3.8, 4) is 0 Å². The van der Waals surface area contributed by atoms with Gasteiger partial charge in [-0.1, -0.05) is 6.92 Å². The van der Waals surface area contributed by atoms with Crippen LogP contribution in [0.1, 0.15) is 44.3 Å². The Bertz CT molecular complexity index is 556. The number of sulfonamides is 1. The lowest BCUT2D eigenvalue weighted by molar-refractivity contribution is 0.122. The molecule has 2 rings (SSSR count). The third-order valence-electron chi connectivity index (χ3n) is 4.00. The van der Waals surface area contributed by atoms with Crippen LogP contribution in [0.2, 0.25) is 0 Å². The van der Waals surface area contributed by atoms with E-state index < -0.39 is 16.1 Å². The van der Waals surface area contributed by atoms with Gasteiger partial charge in [-0.15, -0.1) is 0 Å². The van der Waals surface area contributed by atoms with Gasteiger partial charge in [0.2, 0.25) is 10.0 Å². The first-order valence-corrected chi connectivity index (χ1v) is 9.40. The van der Waals surface area contributed by atoms with E-state index >= 15 is 0 Å². The zero-order valence-corrected chi connectivity index (χ0v) is 13.6. The molecule has 0 spiro atoms. The molecule has 6 nitrogen and oxygen atoms in total. The summed E-state index contributed by atoms with van der Waals surface area (Å²) in [5.74, 6) is 0.206. The third kappa shape index (κ3) is 4.52.